The van der Waals surface area contributed by atoms with Crippen LogP contribution in [-0.2, 0) is 20.7 Å². The normalized spacial score (nSPS) is 23.5. The minimum atomic E-state index is -0.331. The molecule has 2 saturated heterocycles. The smallest absolute Gasteiger partial charge is 0.224 e. The van der Waals surface area contributed by atoms with Gasteiger partial charge in [-0.1, -0.05) is 12.1 Å². The SMILES string of the molecule is CN1[C@@H](CC(=O)NC2CCOCC2)CC[C@H]1CNC(=O)Cc1cccc(F)c1. The molecule has 28 heavy (non-hydrogen) atoms. The summed E-state index contributed by atoms with van der Waals surface area (Å²) in [7, 11) is 2.02. The number of carbonyl (C=O) groups is 2. The molecule has 2 amide bonds. The Kier molecular flexibility index (Phi) is 7.39. The van der Waals surface area contributed by atoms with E-state index in [0.29, 0.717) is 31.7 Å². The zero-order chi connectivity index (χ0) is 19.9. The molecule has 2 aliphatic rings. The Hall–Kier alpha value is -1.99. The summed E-state index contributed by atoms with van der Waals surface area (Å²) < 4.78 is 18.5. The van der Waals surface area contributed by atoms with Gasteiger partial charge in [-0.25, -0.2) is 4.39 Å². The van der Waals surface area contributed by atoms with Crippen molar-refractivity contribution >= 4 is 11.8 Å². The Morgan fingerprint density at radius 3 is 2.64 bits per heavy atom. The Morgan fingerprint density at radius 1 is 1.14 bits per heavy atom. The highest BCUT2D eigenvalue weighted by Crippen LogP contribution is 2.24. The van der Waals surface area contributed by atoms with Gasteiger partial charge >= 0.3 is 0 Å². The summed E-state index contributed by atoms with van der Waals surface area (Å²) in [5.74, 6) is -0.345. The summed E-state index contributed by atoms with van der Waals surface area (Å²) in [5.41, 5.74) is 0.667. The molecule has 0 aromatic heterocycles. The second-order valence-corrected chi connectivity index (χ2v) is 7.82. The number of halogens is 1. The van der Waals surface area contributed by atoms with E-state index in [0.717, 1.165) is 25.7 Å². The van der Waals surface area contributed by atoms with E-state index < -0.39 is 0 Å². The van der Waals surface area contributed by atoms with Crippen molar-refractivity contribution in [1.82, 2.24) is 15.5 Å². The highest BCUT2D eigenvalue weighted by Gasteiger charge is 2.32. The van der Waals surface area contributed by atoms with E-state index >= 15 is 0 Å². The molecule has 0 spiro atoms. The van der Waals surface area contributed by atoms with Crippen LogP contribution in [0.4, 0.5) is 4.39 Å². The molecule has 6 nitrogen and oxygen atoms in total. The van der Waals surface area contributed by atoms with Crippen molar-refractivity contribution in [2.45, 2.75) is 56.7 Å². The monoisotopic (exact) mass is 391 g/mol. The molecule has 3 rings (SSSR count). The summed E-state index contributed by atoms with van der Waals surface area (Å²) in [6.45, 7) is 1.97. The lowest BCUT2D eigenvalue weighted by Crippen LogP contribution is -2.44. The molecule has 2 heterocycles. The van der Waals surface area contributed by atoms with Gasteiger partial charge in [0.1, 0.15) is 5.82 Å². The van der Waals surface area contributed by atoms with Crippen LogP contribution >= 0.6 is 0 Å². The summed E-state index contributed by atoms with van der Waals surface area (Å²) in [6.07, 6.45) is 4.32. The van der Waals surface area contributed by atoms with Gasteiger partial charge in [0.2, 0.25) is 11.8 Å². The molecular weight excluding hydrogens is 361 g/mol. The van der Waals surface area contributed by atoms with Crippen molar-refractivity contribution in [3.05, 3.63) is 35.6 Å². The number of nitrogens with one attached hydrogen (secondary N) is 2. The van der Waals surface area contributed by atoms with E-state index in [4.69, 9.17) is 4.74 Å². The maximum Gasteiger partial charge on any atom is 0.224 e. The fourth-order valence-corrected chi connectivity index (χ4v) is 4.05. The number of carbonyl (C=O) groups excluding carboxylic acids is 2. The van der Waals surface area contributed by atoms with Gasteiger partial charge in [-0.3, -0.25) is 14.5 Å². The van der Waals surface area contributed by atoms with Gasteiger partial charge in [-0.15, -0.1) is 0 Å². The van der Waals surface area contributed by atoms with Gasteiger partial charge in [0, 0.05) is 44.3 Å². The molecule has 2 fully saturated rings. The van der Waals surface area contributed by atoms with Crippen LogP contribution in [-0.4, -0.2) is 61.6 Å². The number of ether oxygens (including phenoxy) is 1. The van der Waals surface area contributed by atoms with Crippen LogP contribution < -0.4 is 10.6 Å². The quantitative estimate of drug-likeness (QED) is 0.741. The van der Waals surface area contributed by atoms with Crippen LogP contribution in [0.1, 0.15) is 37.7 Å². The molecule has 7 heteroatoms. The van der Waals surface area contributed by atoms with Gasteiger partial charge in [0.05, 0.1) is 6.42 Å². The van der Waals surface area contributed by atoms with E-state index in [2.05, 4.69) is 15.5 Å². The van der Waals surface area contributed by atoms with Gasteiger partial charge in [0.25, 0.3) is 0 Å². The molecule has 1 aromatic rings. The van der Waals surface area contributed by atoms with E-state index in [1.54, 1.807) is 12.1 Å². The Balaban J connectivity index is 1.39. The molecule has 2 N–H and O–H groups in total. The topological polar surface area (TPSA) is 70.7 Å². The van der Waals surface area contributed by atoms with E-state index in [1.807, 2.05) is 7.05 Å². The number of benzene rings is 1. The van der Waals surface area contributed by atoms with Crippen molar-refractivity contribution in [3.63, 3.8) is 0 Å². The lowest BCUT2D eigenvalue weighted by Gasteiger charge is -2.27. The zero-order valence-corrected chi connectivity index (χ0v) is 16.5. The fraction of sp³-hybridized carbons (Fsp3) is 0.619. The summed E-state index contributed by atoms with van der Waals surface area (Å²) in [6, 6.07) is 6.76. The first-order valence-corrected chi connectivity index (χ1v) is 10.1. The molecule has 0 aliphatic carbocycles. The third-order valence-corrected chi connectivity index (χ3v) is 5.78. The van der Waals surface area contributed by atoms with Crippen LogP contribution in [0.5, 0.6) is 0 Å². The number of nitrogens with zero attached hydrogens (tertiary/aromatic N) is 1. The molecule has 0 radical (unpaired) electrons. The maximum atomic E-state index is 13.2. The zero-order valence-electron chi connectivity index (χ0n) is 16.5. The first kappa shape index (κ1) is 20.7. The number of amides is 2. The first-order chi connectivity index (χ1) is 13.5. The second kappa shape index (κ2) is 9.98. The van der Waals surface area contributed by atoms with Crippen LogP contribution in [0.2, 0.25) is 0 Å². The summed E-state index contributed by atoms with van der Waals surface area (Å²) in [4.78, 5) is 26.7. The van der Waals surface area contributed by atoms with Gasteiger partial charge in [-0.2, -0.15) is 0 Å². The number of hydrogen-bond donors (Lipinski definition) is 2. The van der Waals surface area contributed by atoms with E-state index in [-0.39, 0.29) is 42.2 Å². The third-order valence-electron chi connectivity index (χ3n) is 5.78. The van der Waals surface area contributed by atoms with Crippen molar-refractivity contribution in [2.75, 3.05) is 26.8 Å². The van der Waals surface area contributed by atoms with Gasteiger partial charge in [-0.05, 0) is 50.4 Å². The first-order valence-electron chi connectivity index (χ1n) is 10.1. The predicted molar refractivity (Wildman–Crippen MR) is 104 cm³/mol. The highest BCUT2D eigenvalue weighted by atomic mass is 19.1. The molecule has 0 bridgehead atoms. The molecule has 154 valence electrons. The lowest BCUT2D eigenvalue weighted by atomic mass is 10.1. The largest absolute Gasteiger partial charge is 0.381 e. The average Bonchev–Trinajstić information content (AvgIpc) is 3.00. The summed E-state index contributed by atoms with van der Waals surface area (Å²) >= 11 is 0. The number of hydrogen-bond acceptors (Lipinski definition) is 4. The van der Waals surface area contributed by atoms with Gasteiger partial charge < -0.3 is 15.4 Å². The lowest BCUT2D eigenvalue weighted by molar-refractivity contribution is -0.124. The minimum Gasteiger partial charge on any atom is -0.381 e. The Morgan fingerprint density at radius 2 is 1.89 bits per heavy atom. The maximum absolute atomic E-state index is 13.2. The standard InChI is InChI=1S/C21H30FN3O3/c1-25-18(13-21(27)24-17-7-9-28-10-8-17)5-6-19(25)14-23-20(26)12-15-3-2-4-16(22)11-15/h2-4,11,17-19H,5-10,12-14H2,1H3,(H,23,26)(H,24,27)/t18-,19+/m1/s1. The number of likely N-dealkylation sites (N-methyl/N-ethyl adjacent to an activating group) is 1. The van der Waals surface area contributed by atoms with Crippen molar-refractivity contribution in [3.8, 4) is 0 Å². The molecular formula is C21H30FN3O3. The molecule has 2 atom stereocenters. The molecule has 2 aliphatic heterocycles. The number of likely N-dealkylation sites (tertiary alicyclic amines) is 1. The van der Waals surface area contributed by atoms with Crippen LogP contribution in [0, 0.1) is 5.82 Å². The van der Waals surface area contributed by atoms with Crippen molar-refractivity contribution < 1.29 is 18.7 Å². The van der Waals surface area contributed by atoms with E-state index in [9.17, 15) is 14.0 Å². The molecule has 0 saturated carbocycles. The predicted octanol–water partition coefficient (Wildman–Crippen LogP) is 1.63. The molecule has 0 unspecified atom stereocenters. The molecule has 1 aromatic carbocycles. The van der Waals surface area contributed by atoms with Crippen LogP contribution in [0.15, 0.2) is 24.3 Å². The fourth-order valence-electron chi connectivity index (χ4n) is 4.05. The van der Waals surface area contributed by atoms with Gasteiger partial charge in [0.15, 0.2) is 0 Å². The van der Waals surface area contributed by atoms with Crippen molar-refractivity contribution in [2.24, 2.45) is 0 Å². The van der Waals surface area contributed by atoms with Crippen molar-refractivity contribution in [1.29, 1.82) is 0 Å². The van der Waals surface area contributed by atoms with Crippen LogP contribution in [0.25, 0.3) is 0 Å². The third kappa shape index (κ3) is 6.01. The highest BCUT2D eigenvalue weighted by molar-refractivity contribution is 5.78. The van der Waals surface area contributed by atoms with E-state index in [1.165, 1.54) is 12.1 Å². The average molecular weight is 391 g/mol. The Labute approximate surface area is 165 Å². The Bertz CT molecular complexity index is 679. The summed E-state index contributed by atoms with van der Waals surface area (Å²) in [5, 5.41) is 6.06. The number of rotatable bonds is 7. The second-order valence-electron chi connectivity index (χ2n) is 7.82. The minimum absolute atomic E-state index is 0.0968. The van der Waals surface area contributed by atoms with Crippen LogP contribution in [0.3, 0.4) is 0 Å².